The van der Waals surface area contributed by atoms with E-state index in [2.05, 4.69) is 5.32 Å². The summed E-state index contributed by atoms with van der Waals surface area (Å²) in [6, 6.07) is 15.9. The minimum atomic E-state index is -4.22. The van der Waals surface area contributed by atoms with Crippen LogP contribution < -0.4 is 14.2 Å². The van der Waals surface area contributed by atoms with Gasteiger partial charge < -0.3 is 14.2 Å². The van der Waals surface area contributed by atoms with Crippen molar-refractivity contribution in [2.24, 2.45) is 0 Å². The van der Waals surface area contributed by atoms with Crippen molar-refractivity contribution < 1.29 is 27.1 Å². The van der Waals surface area contributed by atoms with Crippen molar-refractivity contribution in [1.82, 2.24) is 0 Å². The van der Waals surface area contributed by atoms with Gasteiger partial charge >= 0.3 is 10.1 Å². The minimum Gasteiger partial charge on any atom is -0.490 e. The van der Waals surface area contributed by atoms with Gasteiger partial charge in [-0.15, -0.1) is 0 Å². The molecule has 0 spiro atoms. The van der Waals surface area contributed by atoms with Gasteiger partial charge in [0.2, 0.25) is 5.75 Å². The number of nitrogens with one attached hydrogen (secondary N) is 1. The van der Waals surface area contributed by atoms with Crippen molar-refractivity contribution in [1.29, 1.82) is 5.26 Å². The standard InChI is InChI=1S/C25H20ClN3O7S/c1-3-35-23-13-17(12-21(26)24(23)36-37(33,34)20-7-5-4-6-8-20)11-18(15-27)25(30)28-22-14-19(29(31)32)10-9-16(22)2/h4-14H,3H2,1-2H3,(H,28,30)/b18-11+. The van der Waals surface area contributed by atoms with Gasteiger partial charge in [-0.05, 0) is 55.3 Å². The summed E-state index contributed by atoms with van der Waals surface area (Å²) >= 11 is 6.32. The number of nitriles is 1. The van der Waals surface area contributed by atoms with Gasteiger partial charge in [-0.25, -0.2) is 0 Å². The SMILES string of the molecule is CCOc1cc(/C=C(\C#N)C(=O)Nc2cc([N+](=O)[O-])ccc2C)cc(Cl)c1OS(=O)(=O)c1ccccc1. The Bertz CT molecular complexity index is 1530. The largest absolute Gasteiger partial charge is 0.490 e. The van der Waals surface area contributed by atoms with Gasteiger partial charge in [-0.1, -0.05) is 35.9 Å². The number of nitro groups is 1. The molecule has 3 aromatic carbocycles. The average Bonchev–Trinajstić information content (AvgIpc) is 2.86. The number of anilines is 1. The number of carbonyl (C=O) groups is 1. The smallest absolute Gasteiger partial charge is 0.339 e. The van der Waals surface area contributed by atoms with Crippen molar-refractivity contribution in [3.63, 3.8) is 0 Å². The second kappa shape index (κ2) is 11.6. The highest BCUT2D eigenvalue weighted by molar-refractivity contribution is 7.87. The molecule has 0 radical (unpaired) electrons. The summed E-state index contributed by atoms with van der Waals surface area (Å²) in [5.41, 5.74) is 0.412. The summed E-state index contributed by atoms with van der Waals surface area (Å²) in [6.07, 6.45) is 1.21. The Morgan fingerprint density at radius 2 is 1.89 bits per heavy atom. The molecule has 0 aliphatic carbocycles. The van der Waals surface area contributed by atoms with Gasteiger partial charge in [0, 0.05) is 12.1 Å². The zero-order chi connectivity index (χ0) is 27.2. The molecule has 0 saturated carbocycles. The topological polar surface area (TPSA) is 149 Å². The van der Waals surface area contributed by atoms with Crippen LogP contribution in [-0.2, 0) is 14.9 Å². The van der Waals surface area contributed by atoms with Gasteiger partial charge in [0.1, 0.15) is 16.5 Å². The molecule has 3 rings (SSSR count). The van der Waals surface area contributed by atoms with Crippen molar-refractivity contribution in [3.8, 4) is 17.6 Å². The fourth-order valence-corrected chi connectivity index (χ4v) is 4.40. The molecule has 0 heterocycles. The molecule has 0 unspecified atom stereocenters. The Morgan fingerprint density at radius 3 is 2.51 bits per heavy atom. The first-order chi connectivity index (χ1) is 17.6. The molecule has 190 valence electrons. The van der Waals surface area contributed by atoms with Crippen LogP contribution in [0.25, 0.3) is 6.08 Å². The van der Waals surface area contributed by atoms with Crippen molar-refractivity contribution in [2.75, 3.05) is 11.9 Å². The summed E-state index contributed by atoms with van der Waals surface area (Å²) in [5.74, 6) is -1.08. The number of hydrogen-bond acceptors (Lipinski definition) is 8. The molecule has 12 heteroatoms. The molecule has 3 aromatic rings. The van der Waals surface area contributed by atoms with Gasteiger partial charge in [0.15, 0.2) is 5.75 Å². The van der Waals surface area contributed by atoms with Crippen molar-refractivity contribution >= 4 is 45.1 Å². The van der Waals surface area contributed by atoms with E-state index in [1.54, 1.807) is 38.1 Å². The Hall–Kier alpha value is -4.40. The lowest BCUT2D eigenvalue weighted by Crippen LogP contribution is -2.14. The molecule has 0 saturated heterocycles. The van der Waals surface area contributed by atoms with E-state index in [1.165, 1.54) is 48.5 Å². The molecule has 0 fully saturated rings. The first-order valence-corrected chi connectivity index (χ1v) is 12.5. The fraction of sp³-hybridized carbons (Fsp3) is 0.120. The lowest BCUT2D eigenvalue weighted by molar-refractivity contribution is -0.384. The molecule has 0 aliphatic heterocycles. The number of aryl methyl sites for hydroxylation is 1. The molecule has 1 amide bonds. The predicted octanol–water partition coefficient (Wildman–Crippen LogP) is 5.27. The van der Waals surface area contributed by atoms with Crippen LogP contribution in [0.5, 0.6) is 11.5 Å². The molecular formula is C25H20ClN3O7S. The zero-order valence-electron chi connectivity index (χ0n) is 19.6. The van der Waals surface area contributed by atoms with Crippen LogP contribution in [0.1, 0.15) is 18.1 Å². The lowest BCUT2D eigenvalue weighted by Gasteiger charge is -2.14. The number of amides is 1. The monoisotopic (exact) mass is 541 g/mol. The number of hydrogen-bond donors (Lipinski definition) is 1. The third-order valence-corrected chi connectivity index (χ3v) is 6.43. The number of nitro benzene ring substituents is 1. The van der Waals surface area contributed by atoms with Crippen LogP contribution in [0.2, 0.25) is 5.02 Å². The maximum absolute atomic E-state index is 12.7. The lowest BCUT2D eigenvalue weighted by atomic mass is 10.1. The molecular weight excluding hydrogens is 522 g/mol. The van der Waals surface area contributed by atoms with E-state index in [9.17, 15) is 28.6 Å². The summed E-state index contributed by atoms with van der Waals surface area (Å²) in [6.45, 7) is 3.45. The Kier molecular flexibility index (Phi) is 8.49. The molecule has 0 aromatic heterocycles. The molecule has 10 nitrogen and oxygen atoms in total. The van der Waals surface area contributed by atoms with Crippen LogP contribution in [0.4, 0.5) is 11.4 Å². The number of ether oxygens (including phenoxy) is 1. The van der Waals surface area contributed by atoms with E-state index in [0.717, 1.165) is 0 Å². The minimum absolute atomic E-state index is 0.0204. The van der Waals surface area contributed by atoms with Crippen LogP contribution in [-0.4, -0.2) is 25.9 Å². The first kappa shape index (κ1) is 27.2. The van der Waals surface area contributed by atoms with Crippen LogP contribution in [0, 0.1) is 28.4 Å². The number of non-ortho nitro benzene ring substituents is 1. The van der Waals surface area contributed by atoms with E-state index in [0.29, 0.717) is 5.56 Å². The predicted molar refractivity (Wildman–Crippen MR) is 137 cm³/mol. The molecule has 0 atom stereocenters. The fourth-order valence-electron chi connectivity index (χ4n) is 3.12. The number of rotatable bonds is 9. The second-order valence-electron chi connectivity index (χ2n) is 7.49. The Balaban J connectivity index is 1.95. The van der Waals surface area contributed by atoms with Crippen LogP contribution in [0.15, 0.2) is 71.1 Å². The highest BCUT2D eigenvalue weighted by Gasteiger charge is 2.23. The summed E-state index contributed by atoms with van der Waals surface area (Å²) < 4.78 is 36.1. The third-order valence-electron chi connectivity index (χ3n) is 4.91. The second-order valence-corrected chi connectivity index (χ2v) is 9.45. The zero-order valence-corrected chi connectivity index (χ0v) is 21.2. The highest BCUT2D eigenvalue weighted by Crippen LogP contribution is 2.39. The van der Waals surface area contributed by atoms with Gasteiger partial charge in [-0.3, -0.25) is 14.9 Å². The Morgan fingerprint density at radius 1 is 1.19 bits per heavy atom. The van der Waals surface area contributed by atoms with Crippen LogP contribution in [0.3, 0.4) is 0 Å². The van der Waals surface area contributed by atoms with E-state index in [4.69, 9.17) is 20.5 Å². The number of carbonyl (C=O) groups excluding carboxylic acids is 1. The average molecular weight is 542 g/mol. The van der Waals surface area contributed by atoms with E-state index >= 15 is 0 Å². The quantitative estimate of drug-likeness (QED) is 0.127. The molecule has 37 heavy (non-hydrogen) atoms. The Labute approximate surface area is 218 Å². The number of benzene rings is 3. The van der Waals surface area contributed by atoms with Gasteiger partial charge in [0.05, 0.1) is 22.2 Å². The van der Waals surface area contributed by atoms with Crippen molar-refractivity contribution in [3.05, 3.63) is 92.5 Å². The molecule has 0 bridgehead atoms. The van der Waals surface area contributed by atoms with Gasteiger partial charge in [0.25, 0.3) is 11.6 Å². The maximum atomic E-state index is 12.7. The normalized spacial score (nSPS) is 11.4. The van der Waals surface area contributed by atoms with Gasteiger partial charge in [-0.2, -0.15) is 13.7 Å². The number of halogens is 1. The maximum Gasteiger partial charge on any atom is 0.339 e. The highest BCUT2D eigenvalue weighted by atomic mass is 35.5. The van der Waals surface area contributed by atoms with E-state index in [-0.39, 0.29) is 50.5 Å². The summed E-state index contributed by atoms with van der Waals surface area (Å²) in [5, 5.41) is 23.0. The van der Waals surface area contributed by atoms with E-state index < -0.39 is 20.9 Å². The number of nitrogens with zero attached hydrogens (tertiary/aromatic N) is 2. The summed E-state index contributed by atoms with van der Waals surface area (Å²) in [7, 11) is -4.22. The van der Waals surface area contributed by atoms with Crippen molar-refractivity contribution in [2.45, 2.75) is 18.7 Å². The molecule has 1 N–H and O–H groups in total. The van der Waals surface area contributed by atoms with E-state index in [1.807, 2.05) is 0 Å². The first-order valence-electron chi connectivity index (χ1n) is 10.7. The third kappa shape index (κ3) is 6.63. The summed E-state index contributed by atoms with van der Waals surface area (Å²) in [4.78, 5) is 23.1. The van der Waals surface area contributed by atoms with Crippen LogP contribution >= 0.6 is 11.6 Å². The molecule has 0 aliphatic rings.